The number of hydrogen-bond donors (Lipinski definition) is 2. The minimum Gasteiger partial charge on any atom is -0.494 e. The van der Waals surface area contributed by atoms with Crippen LogP contribution in [0.25, 0.3) is 29.9 Å². The van der Waals surface area contributed by atoms with Crippen LogP contribution >= 0.6 is 34.0 Å². The molecule has 0 bridgehead atoms. The number of unbranched alkanes of at least 4 members (excludes halogenated alkanes) is 1. The predicted molar refractivity (Wildman–Crippen MR) is 197 cm³/mol. The summed E-state index contributed by atoms with van der Waals surface area (Å²) < 4.78 is 6.25. The largest absolute Gasteiger partial charge is 0.494 e. The van der Waals surface area contributed by atoms with Crippen LogP contribution in [0.15, 0.2) is 72.5 Å². The number of allylic oxidation sites excluding steroid dienone is 3. The number of rotatable bonds is 14. The van der Waals surface area contributed by atoms with Crippen molar-refractivity contribution in [3.8, 4) is 29.9 Å². The van der Waals surface area contributed by atoms with Crippen molar-refractivity contribution >= 4 is 51.1 Å². The molecular weight excluding hydrogens is 599 g/mol. The Morgan fingerprint density at radius 1 is 0.864 bits per heavy atom. The lowest BCUT2D eigenvalue weighted by molar-refractivity contribution is 0.164. The summed E-state index contributed by atoms with van der Waals surface area (Å²) in [6.07, 6.45) is 15.0. The van der Waals surface area contributed by atoms with Gasteiger partial charge in [0.15, 0.2) is 0 Å². The van der Waals surface area contributed by atoms with Crippen molar-refractivity contribution < 1.29 is 4.74 Å². The summed E-state index contributed by atoms with van der Waals surface area (Å²) in [7, 11) is 2.15. The third kappa shape index (κ3) is 7.61. The van der Waals surface area contributed by atoms with E-state index in [4.69, 9.17) is 16.2 Å². The molecule has 0 saturated carbocycles. The fourth-order valence-electron chi connectivity index (χ4n) is 5.69. The Kier molecular flexibility index (Phi) is 11.3. The molecule has 0 fully saturated rings. The first-order valence-electron chi connectivity index (χ1n) is 16.1. The molecular formula is C37H47N3OS3. The zero-order valence-electron chi connectivity index (χ0n) is 26.6. The third-order valence-corrected chi connectivity index (χ3v) is 12.5. The van der Waals surface area contributed by atoms with Gasteiger partial charge in [0.1, 0.15) is 5.76 Å². The van der Waals surface area contributed by atoms with Crippen molar-refractivity contribution in [2.45, 2.75) is 71.6 Å². The molecule has 3 aromatic heterocycles. The van der Waals surface area contributed by atoms with Gasteiger partial charge >= 0.3 is 0 Å². The lowest BCUT2D eigenvalue weighted by Gasteiger charge is -2.18. The van der Waals surface area contributed by atoms with E-state index in [-0.39, 0.29) is 0 Å². The van der Waals surface area contributed by atoms with Crippen LogP contribution in [0.4, 0.5) is 17.1 Å². The zero-order valence-corrected chi connectivity index (χ0v) is 29.1. The van der Waals surface area contributed by atoms with E-state index in [0.29, 0.717) is 23.2 Å². The van der Waals surface area contributed by atoms with E-state index >= 15 is 0 Å². The first kappa shape index (κ1) is 32.4. The van der Waals surface area contributed by atoms with E-state index in [9.17, 15) is 0 Å². The van der Waals surface area contributed by atoms with Crippen LogP contribution in [-0.4, -0.2) is 20.2 Å². The van der Waals surface area contributed by atoms with E-state index in [2.05, 4.69) is 99.5 Å². The van der Waals surface area contributed by atoms with Crippen LogP contribution in [0.3, 0.4) is 0 Å². The molecule has 0 saturated heterocycles. The topological polar surface area (TPSA) is 64.5 Å². The van der Waals surface area contributed by atoms with Crippen molar-refractivity contribution in [1.29, 1.82) is 0 Å². The smallest absolute Gasteiger partial charge is 0.115 e. The van der Waals surface area contributed by atoms with E-state index in [1.807, 2.05) is 11.3 Å². The fourth-order valence-corrected chi connectivity index (χ4v) is 9.22. The molecule has 2 atom stereocenters. The van der Waals surface area contributed by atoms with Crippen LogP contribution in [0.1, 0.15) is 76.5 Å². The number of nitrogens with zero attached hydrogens (tertiary/aromatic N) is 1. The van der Waals surface area contributed by atoms with Gasteiger partial charge in [0.05, 0.1) is 27.7 Å². The average molecular weight is 646 g/mol. The van der Waals surface area contributed by atoms with Crippen molar-refractivity contribution in [3.63, 3.8) is 0 Å². The molecule has 4 nitrogen and oxygen atoms in total. The molecule has 4 N–H and O–H groups in total. The zero-order chi connectivity index (χ0) is 31.1. The molecule has 4 aromatic rings. The lowest BCUT2D eigenvalue weighted by Crippen LogP contribution is -2.17. The van der Waals surface area contributed by atoms with Gasteiger partial charge in [-0.15, -0.1) is 34.0 Å². The molecule has 1 aliphatic carbocycles. The van der Waals surface area contributed by atoms with Gasteiger partial charge in [-0.3, -0.25) is 0 Å². The number of nitrogens with two attached hydrogens (primary N) is 2. The number of hydrogen-bond acceptors (Lipinski definition) is 7. The number of ether oxygens (including phenoxy) is 1. The van der Waals surface area contributed by atoms with E-state index < -0.39 is 0 Å². The molecule has 0 amide bonds. The van der Waals surface area contributed by atoms with Gasteiger partial charge in [-0.2, -0.15) is 0 Å². The predicted octanol–water partition coefficient (Wildman–Crippen LogP) is 11.4. The first-order valence-corrected chi connectivity index (χ1v) is 18.6. The van der Waals surface area contributed by atoms with Crippen molar-refractivity contribution in [2.75, 3.05) is 36.6 Å². The quantitative estimate of drug-likeness (QED) is 0.143. The Labute approximate surface area is 276 Å². The van der Waals surface area contributed by atoms with Crippen LogP contribution in [0.5, 0.6) is 0 Å². The molecule has 1 aliphatic rings. The highest BCUT2D eigenvalue weighted by atomic mass is 32.1. The Morgan fingerprint density at radius 2 is 1.57 bits per heavy atom. The molecule has 0 aliphatic heterocycles. The minimum atomic E-state index is 0.374. The molecule has 3 heterocycles. The second-order valence-electron chi connectivity index (χ2n) is 11.8. The van der Waals surface area contributed by atoms with Gasteiger partial charge in [0.25, 0.3) is 0 Å². The van der Waals surface area contributed by atoms with Gasteiger partial charge in [-0.25, -0.2) is 0 Å². The van der Waals surface area contributed by atoms with E-state index in [1.165, 1.54) is 51.6 Å². The molecule has 7 heteroatoms. The summed E-state index contributed by atoms with van der Waals surface area (Å²) >= 11 is 5.32. The van der Waals surface area contributed by atoms with Crippen molar-refractivity contribution in [2.24, 2.45) is 5.92 Å². The van der Waals surface area contributed by atoms with Crippen molar-refractivity contribution in [3.05, 3.63) is 77.4 Å². The maximum atomic E-state index is 6.64. The Hall–Kier alpha value is -3.00. The average Bonchev–Trinajstić information content (AvgIpc) is 3.74. The van der Waals surface area contributed by atoms with Crippen LogP contribution in [0, 0.1) is 5.92 Å². The molecule has 44 heavy (non-hydrogen) atoms. The standard InChI is InChI=1S/C37H47N3OS3/c1-5-8-10-25(7-3)24-41-29-12-9-11-26(15-18-29)30-19-21-32(42-30)36-34(38)35(39)37(44-36)33-22-20-31(43-33)27-13-16-28(17-14-27)40(4)23-6-2/h12-22,25-26H,5-11,23-24,38-39H2,1-4H3. The molecule has 234 valence electrons. The second-order valence-corrected chi connectivity index (χ2v) is 15.0. The maximum absolute atomic E-state index is 6.64. The summed E-state index contributed by atoms with van der Waals surface area (Å²) in [6.45, 7) is 8.61. The SMILES string of the molecule is CCCCC(CC)COC1=CCCC(c2ccc(-c3sc(-c4ccc(-c5ccc(N(C)CCC)cc5)s4)c(N)c3N)s2)C=C1. The molecule has 0 spiro atoms. The normalized spacial score (nSPS) is 15.6. The Morgan fingerprint density at radius 3 is 2.27 bits per heavy atom. The fraction of sp³-hybridized carbons (Fsp3) is 0.405. The maximum Gasteiger partial charge on any atom is 0.115 e. The molecule has 1 aromatic carbocycles. The molecule has 5 rings (SSSR count). The number of anilines is 3. The Bertz CT molecular complexity index is 1560. The summed E-state index contributed by atoms with van der Waals surface area (Å²) in [4.78, 5) is 9.38. The summed E-state index contributed by atoms with van der Waals surface area (Å²) in [5, 5.41) is 0. The highest BCUT2D eigenvalue weighted by Crippen LogP contribution is 2.50. The first-order chi connectivity index (χ1) is 21.4. The monoisotopic (exact) mass is 645 g/mol. The number of benzene rings is 1. The Balaban J connectivity index is 1.27. The molecule has 0 radical (unpaired) electrons. The third-order valence-electron chi connectivity index (χ3n) is 8.53. The van der Waals surface area contributed by atoms with E-state index in [0.717, 1.165) is 52.8 Å². The highest BCUT2D eigenvalue weighted by molar-refractivity contribution is 7.28. The number of nitrogen functional groups attached to an aromatic ring is 2. The van der Waals surface area contributed by atoms with Crippen LogP contribution in [0.2, 0.25) is 0 Å². The van der Waals surface area contributed by atoms with Crippen LogP contribution in [-0.2, 0) is 4.74 Å². The molecule has 2 unspecified atom stereocenters. The van der Waals surface area contributed by atoms with Gasteiger partial charge in [-0.05, 0) is 85.7 Å². The second kappa shape index (κ2) is 15.3. The van der Waals surface area contributed by atoms with Gasteiger partial charge < -0.3 is 21.1 Å². The van der Waals surface area contributed by atoms with Crippen LogP contribution < -0.4 is 16.4 Å². The summed E-state index contributed by atoms with van der Waals surface area (Å²) in [5.41, 5.74) is 17.1. The number of thiophene rings is 3. The minimum absolute atomic E-state index is 0.374. The van der Waals surface area contributed by atoms with Gasteiger partial charge in [0, 0.05) is 44.7 Å². The van der Waals surface area contributed by atoms with E-state index in [1.54, 1.807) is 22.7 Å². The summed E-state index contributed by atoms with van der Waals surface area (Å²) in [5.74, 6) is 2.04. The highest BCUT2D eigenvalue weighted by Gasteiger charge is 2.21. The van der Waals surface area contributed by atoms with Gasteiger partial charge in [0.2, 0.25) is 0 Å². The lowest BCUT2D eigenvalue weighted by atomic mass is 10.0. The summed E-state index contributed by atoms with van der Waals surface area (Å²) in [6, 6.07) is 17.7. The van der Waals surface area contributed by atoms with Gasteiger partial charge in [-0.1, -0.05) is 58.2 Å². The van der Waals surface area contributed by atoms with Crippen molar-refractivity contribution in [1.82, 2.24) is 0 Å².